The van der Waals surface area contributed by atoms with Crippen LogP contribution < -0.4 is 16.0 Å². The van der Waals surface area contributed by atoms with Crippen LogP contribution in [0.1, 0.15) is 98.3 Å². The monoisotopic (exact) mass is 747 g/mol. The standard InChI is InChI=1S/C54H57N3/c1-3-12-38(13-4-1)52-55-53(39-14-5-2-6-15-39)57-54(56-52)51-30-29-46(49-17-9-10-18-50(49)51)43-26-28-48-45(33-43)34-44-32-42(25-27-47(44)48)37-21-19-36(20-22-37)41-24-23-35-11-7-8-16-40(35)31-41/h1-8,11-16,19-25,27,31-32,43,45-46,48-57H,9-10,17-18,26,28-30,33-34H2. The predicted molar refractivity (Wildman–Crippen MR) is 235 cm³/mol. The van der Waals surface area contributed by atoms with Crippen molar-refractivity contribution in [3.05, 3.63) is 168 Å². The Hall–Kier alpha value is -4.54. The molecule has 3 nitrogen and oxygen atoms in total. The molecule has 4 aliphatic carbocycles. The number of benzene rings is 6. The van der Waals surface area contributed by atoms with E-state index in [1.165, 1.54) is 108 Å². The smallest absolute Gasteiger partial charge is 0.0862 e. The molecule has 3 saturated carbocycles. The van der Waals surface area contributed by atoms with Crippen LogP contribution in [0.15, 0.2) is 146 Å². The minimum absolute atomic E-state index is 0.136. The molecule has 288 valence electrons. The summed E-state index contributed by atoms with van der Waals surface area (Å²) in [6, 6.07) is 54.3. The highest BCUT2D eigenvalue weighted by Crippen LogP contribution is 2.56. The van der Waals surface area contributed by atoms with Crippen molar-refractivity contribution in [1.82, 2.24) is 16.0 Å². The van der Waals surface area contributed by atoms with Crippen LogP contribution in [0.3, 0.4) is 0 Å². The van der Waals surface area contributed by atoms with E-state index in [1.54, 1.807) is 11.1 Å². The maximum Gasteiger partial charge on any atom is 0.0862 e. The van der Waals surface area contributed by atoms with E-state index in [9.17, 15) is 0 Å². The molecule has 9 atom stereocenters. The fourth-order valence-corrected chi connectivity index (χ4v) is 12.8. The molecule has 0 aromatic heterocycles. The molecule has 3 N–H and O–H groups in total. The van der Waals surface area contributed by atoms with E-state index in [1.807, 2.05) is 0 Å². The molecule has 0 bridgehead atoms. The number of rotatable bonds is 6. The first kappa shape index (κ1) is 35.6. The van der Waals surface area contributed by atoms with E-state index in [-0.39, 0.29) is 12.3 Å². The third-order valence-electron chi connectivity index (χ3n) is 15.5. The van der Waals surface area contributed by atoms with Gasteiger partial charge in [-0.3, -0.25) is 16.0 Å². The van der Waals surface area contributed by atoms with Crippen LogP contribution in [-0.4, -0.2) is 6.17 Å². The average molecular weight is 748 g/mol. The zero-order valence-electron chi connectivity index (χ0n) is 33.2. The number of fused-ring (bicyclic) bond motifs is 5. The fourth-order valence-electron chi connectivity index (χ4n) is 12.8. The average Bonchev–Trinajstić information content (AvgIpc) is 3.66. The van der Waals surface area contributed by atoms with Gasteiger partial charge in [0.1, 0.15) is 0 Å². The van der Waals surface area contributed by atoms with Crippen LogP contribution in [0.25, 0.3) is 33.0 Å². The Morgan fingerprint density at radius 2 is 0.982 bits per heavy atom. The van der Waals surface area contributed by atoms with Gasteiger partial charge in [-0.05, 0) is 154 Å². The Morgan fingerprint density at radius 1 is 0.404 bits per heavy atom. The number of nitrogens with one attached hydrogen (secondary N) is 3. The van der Waals surface area contributed by atoms with Gasteiger partial charge in [-0.2, -0.15) is 0 Å². The van der Waals surface area contributed by atoms with Gasteiger partial charge in [0.05, 0.1) is 18.5 Å². The Morgan fingerprint density at radius 3 is 1.68 bits per heavy atom. The second-order valence-electron chi connectivity index (χ2n) is 18.4. The summed E-state index contributed by atoms with van der Waals surface area (Å²) >= 11 is 0. The second-order valence-corrected chi connectivity index (χ2v) is 18.4. The number of hydrogen-bond donors (Lipinski definition) is 3. The first-order valence-corrected chi connectivity index (χ1v) is 22.3. The Balaban J connectivity index is 0.782. The minimum Gasteiger partial charge on any atom is -0.282 e. The normalized spacial score (nSPS) is 30.9. The van der Waals surface area contributed by atoms with Gasteiger partial charge in [0, 0.05) is 0 Å². The summed E-state index contributed by atoms with van der Waals surface area (Å²) < 4.78 is 0. The summed E-state index contributed by atoms with van der Waals surface area (Å²) in [6.07, 6.45) is 14.5. The molecule has 0 spiro atoms. The zero-order valence-corrected chi connectivity index (χ0v) is 33.2. The molecule has 6 aromatic rings. The summed E-state index contributed by atoms with van der Waals surface area (Å²) in [4.78, 5) is 0. The van der Waals surface area contributed by atoms with E-state index in [4.69, 9.17) is 0 Å². The van der Waals surface area contributed by atoms with Crippen molar-refractivity contribution in [3.63, 3.8) is 0 Å². The van der Waals surface area contributed by atoms with Crippen LogP contribution in [0.5, 0.6) is 0 Å². The molecule has 6 aromatic carbocycles. The lowest BCUT2D eigenvalue weighted by Crippen LogP contribution is -2.63. The molecule has 1 heterocycles. The summed E-state index contributed by atoms with van der Waals surface area (Å²) in [5.74, 6) is 5.69. The third-order valence-corrected chi connectivity index (χ3v) is 15.5. The summed E-state index contributed by atoms with van der Waals surface area (Å²) in [6.45, 7) is 0. The van der Waals surface area contributed by atoms with Gasteiger partial charge in [0.2, 0.25) is 0 Å². The minimum atomic E-state index is 0.136. The maximum atomic E-state index is 4.12. The topological polar surface area (TPSA) is 36.1 Å². The summed E-state index contributed by atoms with van der Waals surface area (Å²) in [5, 5.41) is 14.8. The van der Waals surface area contributed by atoms with E-state index in [0.29, 0.717) is 12.1 Å². The molecular formula is C54H57N3. The molecule has 1 saturated heterocycles. The van der Waals surface area contributed by atoms with Crippen LogP contribution in [0.4, 0.5) is 0 Å². The van der Waals surface area contributed by atoms with Gasteiger partial charge < -0.3 is 0 Å². The lowest BCUT2D eigenvalue weighted by Gasteiger charge is -2.54. The van der Waals surface area contributed by atoms with E-state index < -0.39 is 0 Å². The molecule has 5 aliphatic rings. The van der Waals surface area contributed by atoms with Crippen molar-refractivity contribution in [3.8, 4) is 22.3 Å². The molecule has 3 heteroatoms. The molecule has 0 amide bonds. The Bertz CT molecular complexity index is 2270. The van der Waals surface area contributed by atoms with Crippen molar-refractivity contribution < 1.29 is 0 Å². The van der Waals surface area contributed by atoms with E-state index >= 15 is 0 Å². The lowest BCUT2D eigenvalue weighted by atomic mass is 9.55. The zero-order chi connectivity index (χ0) is 37.7. The predicted octanol–water partition coefficient (Wildman–Crippen LogP) is 12.6. The van der Waals surface area contributed by atoms with Gasteiger partial charge in [-0.15, -0.1) is 0 Å². The Kier molecular flexibility index (Phi) is 9.58. The molecule has 1 aliphatic heterocycles. The highest BCUT2D eigenvalue weighted by Gasteiger charge is 2.49. The van der Waals surface area contributed by atoms with Crippen LogP contribution in [-0.2, 0) is 6.42 Å². The molecule has 4 fully saturated rings. The van der Waals surface area contributed by atoms with Gasteiger partial charge in [0.15, 0.2) is 0 Å². The molecule has 57 heavy (non-hydrogen) atoms. The second kappa shape index (κ2) is 15.3. The fraction of sp³-hybridized carbons (Fsp3) is 0.370. The van der Waals surface area contributed by atoms with Gasteiger partial charge in [-0.25, -0.2) is 0 Å². The highest BCUT2D eigenvalue weighted by atomic mass is 15.4. The first-order chi connectivity index (χ1) is 28.2. The van der Waals surface area contributed by atoms with Gasteiger partial charge in [-0.1, -0.05) is 152 Å². The molecule has 11 rings (SSSR count). The molecule has 0 radical (unpaired) electrons. The van der Waals surface area contributed by atoms with Crippen molar-refractivity contribution >= 4 is 10.8 Å². The van der Waals surface area contributed by atoms with Gasteiger partial charge >= 0.3 is 0 Å². The quantitative estimate of drug-likeness (QED) is 0.159. The van der Waals surface area contributed by atoms with Gasteiger partial charge in [0.25, 0.3) is 0 Å². The number of hydrogen-bond acceptors (Lipinski definition) is 3. The molecular weight excluding hydrogens is 691 g/mol. The lowest BCUT2D eigenvalue weighted by molar-refractivity contribution is -0.0250. The van der Waals surface area contributed by atoms with Crippen LogP contribution >= 0.6 is 0 Å². The highest BCUT2D eigenvalue weighted by molar-refractivity contribution is 5.87. The van der Waals surface area contributed by atoms with Crippen molar-refractivity contribution in [1.29, 1.82) is 0 Å². The van der Waals surface area contributed by atoms with Crippen molar-refractivity contribution in [2.75, 3.05) is 0 Å². The van der Waals surface area contributed by atoms with Crippen LogP contribution in [0.2, 0.25) is 0 Å². The molecule has 9 unspecified atom stereocenters. The Labute approximate surface area is 339 Å². The summed E-state index contributed by atoms with van der Waals surface area (Å²) in [5.41, 5.74) is 11.2. The first-order valence-electron chi connectivity index (χ1n) is 22.3. The van der Waals surface area contributed by atoms with Crippen LogP contribution in [0, 0.1) is 35.5 Å². The third kappa shape index (κ3) is 6.86. The largest absolute Gasteiger partial charge is 0.282 e. The van der Waals surface area contributed by atoms with E-state index in [2.05, 4.69) is 162 Å². The van der Waals surface area contributed by atoms with Crippen molar-refractivity contribution in [2.45, 2.75) is 88.6 Å². The summed E-state index contributed by atoms with van der Waals surface area (Å²) in [7, 11) is 0. The SMILES string of the molecule is c1ccc(C2NC(c3ccccc3)NC(C3CCC(C4CCC5c6ccc(-c7ccc(-c8ccc9ccccc9c8)cc7)cc6CC5C4)C4CCCCC34)N2)cc1. The maximum absolute atomic E-state index is 4.12. The van der Waals surface area contributed by atoms with Crippen molar-refractivity contribution in [2.24, 2.45) is 35.5 Å². The van der Waals surface area contributed by atoms with E-state index in [0.717, 1.165) is 35.5 Å².